The van der Waals surface area contributed by atoms with Gasteiger partial charge in [0, 0.05) is 16.9 Å². The van der Waals surface area contributed by atoms with Crippen molar-refractivity contribution < 1.29 is 4.79 Å². The molecule has 3 nitrogen and oxygen atoms in total. The van der Waals surface area contributed by atoms with Gasteiger partial charge in [0.1, 0.15) is 5.69 Å². The van der Waals surface area contributed by atoms with Crippen molar-refractivity contribution in [1.29, 1.82) is 0 Å². The van der Waals surface area contributed by atoms with Crippen LogP contribution in [0.2, 0.25) is 0 Å². The van der Waals surface area contributed by atoms with E-state index in [0.29, 0.717) is 11.7 Å². The quantitative estimate of drug-likeness (QED) is 0.834. The third kappa shape index (κ3) is 2.13. The van der Waals surface area contributed by atoms with Crippen LogP contribution in [0.4, 0.5) is 0 Å². The summed E-state index contributed by atoms with van der Waals surface area (Å²) in [5.74, 6) is 0.0238. The van der Waals surface area contributed by atoms with Crippen LogP contribution in [0.25, 0.3) is 10.9 Å². The normalized spacial score (nSPS) is 16.3. The van der Waals surface area contributed by atoms with Gasteiger partial charge >= 0.3 is 0 Å². The molecule has 0 unspecified atom stereocenters. The number of H-pyrrole nitrogens is 1. The summed E-state index contributed by atoms with van der Waals surface area (Å²) in [5, 5.41) is 4.20. The zero-order valence-corrected chi connectivity index (χ0v) is 10.6. The van der Waals surface area contributed by atoms with Crippen LogP contribution in [0.15, 0.2) is 24.3 Å². The minimum absolute atomic E-state index is 0.0238. The number of fused-ring (bicyclic) bond motifs is 1. The molecule has 1 aliphatic rings. The molecule has 0 radical (unpaired) electrons. The van der Waals surface area contributed by atoms with E-state index in [-0.39, 0.29) is 5.91 Å². The van der Waals surface area contributed by atoms with E-state index in [4.69, 9.17) is 0 Å². The third-order valence-electron chi connectivity index (χ3n) is 3.71. The summed E-state index contributed by atoms with van der Waals surface area (Å²) >= 11 is 0. The van der Waals surface area contributed by atoms with Crippen LogP contribution in [0.5, 0.6) is 0 Å². The van der Waals surface area contributed by atoms with Gasteiger partial charge in [-0.05, 0) is 38.0 Å². The van der Waals surface area contributed by atoms with E-state index in [0.717, 1.165) is 23.7 Å². The molecule has 0 bridgehead atoms. The predicted molar refractivity (Wildman–Crippen MR) is 72.8 cm³/mol. The number of rotatable bonds is 2. The van der Waals surface area contributed by atoms with Crippen LogP contribution in [0.1, 0.15) is 41.7 Å². The molecule has 1 heterocycles. The summed E-state index contributed by atoms with van der Waals surface area (Å²) in [7, 11) is 0. The predicted octanol–water partition coefficient (Wildman–Crippen LogP) is 3.15. The Kier molecular flexibility index (Phi) is 2.82. The maximum absolute atomic E-state index is 12.1. The lowest BCUT2D eigenvalue weighted by Gasteiger charge is -2.10. The van der Waals surface area contributed by atoms with Crippen LogP contribution in [0.3, 0.4) is 0 Å². The van der Waals surface area contributed by atoms with Crippen molar-refractivity contribution in [2.24, 2.45) is 0 Å². The van der Waals surface area contributed by atoms with Crippen molar-refractivity contribution in [3.8, 4) is 0 Å². The molecule has 94 valence electrons. The average Bonchev–Trinajstić information content (AvgIpc) is 2.96. The van der Waals surface area contributed by atoms with Crippen LogP contribution in [0, 0.1) is 6.92 Å². The van der Waals surface area contributed by atoms with Gasteiger partial charge in [0.25, 0.3) is 5.91 Å². The maximum atomic E-state index is 12.1. The first-order valence-electron chi connectivity index (χ1n) is 6.62. The lowest BCUT2D eigenvalue weighted by molar-refractivity contribution is 0.0933. The highest BCUT2D eigenvalue weighted by molar-refractivity contribution is 5.98. The molecule has 1 aliphatic carbocycles. The van der Waals surface area contributed by atoms with E-state index in [1.165, 1.54) is 18.4 Å². The van der Waals surface area contributed by atoms with Gasteiger partial charge in [0.2, 0.25) is 0 Å². The Morgan fingerprint density at radius 2 is 2.06 bits per heavy atom. The number of aryl methyl sites for hydroxylation is 1. The fourth-order valence-electron chi connectivity index (χ4n) is 2.71. The van der Waals surface area contributed by atoms with Gasteiger partial charge in [0.15, 0.2) is 0 Å². The van der Waals surface area contributed by atoms with Crippen molar-refractivity contribution in [3.05, 3.63) is 35.5 Å². The number of carbonyl (C=O) groups is 1. The molecule has 0 aliphatic heterocycles. The molecule has 1 aromatic carbocycles. The van der Waals surface area contributed by atoms with Gasteiger partial charge in [0.05, 0.1) is 0 Å². The van der Waals surface area contributed by atoms with Gasteiger partial charge in [-0.2, -0.15) is 0 Å². The van der Waals surface area contributed by atoms with Crippen LogP contribution in [-0.4, -0.2) is 16.9 Å². The summed E-state index contributed by atoms with van der Waals surface area (Å²) in [6.07, 6.45) is 4.70. The molecule has 0 spiro atoms. The summed E-state index contributed by atoms with van der Waals surface area (Å²) in [6, 6.07) is 8.48. The lowest BCUT2D eigenvalue weighted by Crippen LogP contribution is -2.32. The molecule has 0 saturated heterocycles. The van der Waals surface area contributed by atoms with Crippen LogP contribution < -0.4 is 5.32 Å². The summed E-state index contributed by atoms with van der Waals surface area (Å²) in [4.78, 5) is 15.3. The van der Waals surface area contributed by atoms with E-state index in [9.17, 15) is 4.79 Å². The molecule has 3 heteroatoms. The molecule has 3 rings (SSSR count). The Labute approximate surface area is 107 Å². The number of aromatic nitrogens is 1. The first kappa shape index (κ1) is 11.3. The van der Waals surface area contributed by atoms with Gasteiger partial charge in [-0.3, -0.25) is 4.79 Å². The standard InChI is InChI=1S/C15H18N2O/c1-10-6-7-13-11(8-10)9-14(17-13)15(18)16-12-4-2-3-5-12/h6-9,12,17H,2-5H2,1H3,(H,16,18). The second-order valence-electron chi connectivity index (χ2n) is 5.23. The molecule has 1 saturated carbocycles. The largest absolute Gasteiger partial charge is 0.351 e. The van der Waals surface area contributed by atoms with E-state index < -0.39 is 0 Å². The number of aromatic amines is 1. The highest BCUT2D eigenvalue weighted by Gasteiger charge is 2.18. The van der Waals surface area contributed by atoms with Gasteiger partial charge in [-0.1, -0.05) is 24.5 Å². The second-order valence-corrected chi connectivity index (χ2v) is 5.23. The number of amides is 1. The third-order valence-corrected chi connectivity index (χ3v) is 3.71. The maximum Gasteiger partial charge on any atom is 0.267 e. The van der Waals surface area contributed by atoms with E-state index in [1.807, 2.05) is 12.1 Å². The van der Waals surface area contributed by atoms with Crippen molar-refractivity contribution in [2.45, 2.75) is 38.6 Å². The van der Waals surface area contributed by atoms with Crippen molar-refractivity contribution in [2.75, 3.05) is 0 Å². The zero-order chi connectivity index (χ0) is 12.5. The molecule has 1 amide bonds. The minimum atomic E-state index is 0.0238. The Morgan fingerprint density at radius 3 is 2.83 bits per heavy atom. The SMILES string of the molecule is Cc1ccc2[nH]c(C(=O)NC3CCCC3)cc2c1. The average molecular weight is 242 g/mol. The molecule has 1 aromatic heterocycles. The fourth-order valence-corrected chi connectivity index (χ4v) is 2.71. The van der Waals surface area contributed by atoms with Gasteiger partial charge in [-0.15, -0.1) is 0 Å². The highest BCUT2D eigenvalue weighted by atomic mass is 16.1. The number of hydrogen-bond acceptors (Lipinski definition) is 1. The first-order chi connectivity index (χ1) is 8.72. The molecular weight excluding hydrogens is 224 g/mol. The summed E-state index contributed by atoms with van der Waals surface area (Å²) in [6.45, 7) is 2.06. The summed E-state index contributed by atoms with van der Waals surface area (Å²) in [5.41, 5.74) is 2.91. The number of nitrogens with one attached hydrogen (secondary N) is 2. The molecule has 2 N–H and O–H groups in total. The number of carbonyl (C=O) groups excluding carboxylic acids is 1. The van der Waals surface area contributed by atoms with E-state index in [2.05, 4.69) is 29.4 Å². The van der Waals surface area contributed by atoms with Gasteiger partial charge < -0.3 is 10.3 Å². The summed E-state index contributed by atoms with van der Waals surface area (Å²) < 4.78 is 0. The minimum Gasteiger partial charge on any atom is -0.351 e. The fraction of sp³-hybridized carbons (Fsp3) is 0.400. The smallest absolute Gasteiger partial charge is 0.267 e. The zero-order valence-electron chi connectivity index (χ0n) is 10.6. The monoisotopic (exact) mass is 242 g/mol. The number of hydrogen-bond donors (Lipinski definition) is 2. The van der Waals surface area contributed by atoms with Crippen molar-refractivity contribution >= 4 is 16.8 Å². The van der Waals surface area contributed by atoms with E-state index in [1.54, 1.807) is 0 Å². The van der Waals surface area contributed by atoms with Crippen molar-refractivity contribution in [3.63, 3.8) is 0 Å². The number of benzene rings is 1. The van der Waals surface area contributed by atoms with E-state index >= 15 is 0 Å². The molecule has 1 fully saturated rings. The first-order valence-corrected chi connectivity index (χ1v) is 6.62. The molecule has 18 heavy (non-hydrogen) atoms. The van der Waals surface area contributed by atoms with Crippen LogP contribution in [-0.2, 0) is 0 Å². The Bertz CT molecular complexity index is 579. The molecule has 0 atom stereocenters. The van der Waals surface area contributed by atoms with Crippen molar-refractivity contribution in [1.82, 2.24) is 10.3 Å². The van der Waals surface area contributed by atoms with Crippen LogP contribution >= 0.6 is 0 Å². The second kappa shape index (κ2) is 4.48. The van der Waals surface area contributed by atoms with Gasteiger partial charge in [-0.25, -0.2) is 0 Å². The molecular formula is C15H18N2O. The Balaban J connectivity index is 1.82. The Morgan fingerprint density at radius 1 is 1.28 bits per heavy atom. The lowest BCUT2D eigenvalue weighted by atomic mass is 10.2. The Hall–Kier alpha value is -1.77. The topological polar surface area (TPSA) is 44.9 Å². The molecule has 2 aromatic rings. The highest BCUT2D eigenvalue weighted by Crippen LogP contribution is 2.20.